The number of esters is 1. The summed E-state index contributed by atoms with van der Waals surface area (Å²) in [6.07, 6.45) is 1.89. The molecule has 20 heavy (non-hydrogen) atoms. The van der Waals surface area contributed by atoms with Crippen LogP contribution in [0.2, 0.25) is 0 Å². The lowest BCUT2D eigenvalue weighted by molar-refractivity contribution is 0.0524. The molecule has 4 nitrogen and oxygen atoms in total. The van der Waals surface area contributed by atoms with Crippen LogP contribution in [0.3, 0.4) is 0 Å². The topological polar surface area (TPSA) is 48.3 Å². The van der Waals surface area contributed by atoms with Crippen LogP contribution in [0.4, 0.5) is 0 Å². The first-order valence-electron chi connectivity index (χ1n) is 6.98. The summed E-state index contributed by atoms with van der Waals surface area (Å²) in [7, 11) is 0. The maximum absolute atomic E-state index is 12.5. The van der Waals surface area contributed by atoms with Crippen molar-refractivity contribution in [2.75, 3.05) is 6.61 Å². The molecule has 0 aliphatic heterocycles. The highest BCUT2D eigenvalue weighted by molar-refractivity contribution is 5.93. The minimum absolute atomic E-state index is 0.113. The lowest BCUT2D eigenvalue weighted by atomic mass is 10.1. The second-order valence-electron chi connectivity index (χ2n) is 4.65. The SMILES string of the molecule is CCCCn1c(=O)c(C(=O)OCC)cc2ccccc21. The summed E-state index contributed by atoms with van der Waals surface area (Å²) >= 11 is 0. The number of pyridine rings is 1. The highest BCUT2D eigenvalue weighted by Crippen LogP contribution is 2.14. The Hall–Kier alpha value is -2.10. The molecule has 0 radical (unpaired) electrons. The van der Waals surface area contributed by atoms with Crippen molar-refractivity contribution in [2.45, 2.75) is 33.2 Å². The molecule has 0 saturated carbocycles. The highest BCUT2D eigenvalue weighted by atomic mass is 16.5. The molecule has 0 saturated heterocycles. The van der Waals surface area contributed by atoms with Gasteiger partial charge < -0.3 is 9.30 Å². The monoisotopic (exact) mass is 273 g/mol. The molecule has 2 aromatic rings. The van der Waals surface area contributed by atoms with Crippen molar-refractivity contribution in [3.63, 3.8) is 0 Å². The molecule has 1 heterocycles. The van der Waals surface area contributed by atoms with Gasteiger partial charge in [0.2, 0.25) is 0 Å². The third-order valence-corrected chi connectivity index (χ3v) is 3.23. The van der Waals surface area contributed by atoms with E-state index in [1.165, 1.54) is 0 Å². The summed E-state index contributed by atoms with van der Waals surface area (Å²) in [6, 6.07) is 9.22. The van der Waals surface area contributed by atoms with Gasteiger partial charge in [-0.25, -0.2) is 4.79 Å². The van der Waals surface area contributed by atoms with Gasteiger partial charge in [0.1, 0.15) is 5.56 Å². The van der Waals surface area contributed by atoms with Gasteiger partial charge in [-0.3, -0.25) is 4.79 Å². The Morgan fingerprint density at radius 2 is 2.00 bits per heavy atom. The van der Waals surface area contributed by atoms with Crippen molar-refractivity contribution in [1.82, 2.24) is 4.57 Å². The smallest absolute Gasteiger partial charge is 0.343 e. The van der Waals surface area contributed by atoms with Crippen LogP contribution in [-0.4, -0.2) is 17.1 Å². The average molecular weight is 273 g/mol. The predicted octanol–water partition coefficient (Wildman–Crippen LogP) is 2.98. The van der Waals surface area contributed by atoms with Crippen LogP contribution in [0.5, 0.6) is 0 Å². The summed E-state index contributed by atoms with van der Waals surface area (Å²) < 4.78 is 6.64. The molecule has 0 fully saturated rings. The van der Waals surface area contributed by atoms with E-state index in [-0.39, 0.29) is 17.7 Å². The largest absolute Gasteiger partial charge is 0.462 e. The van der Waals surface area contributed by atoms with Gasteiger partial charge in [0.15, 0.2) is 0 Å². The van der Waals surface area contributed by atoms with Gasteiger partial charge in [-0.2, -0.15) is 0 Å². The molecular formula is C16H19NO3. The molecule has 0 unspecified atom stereocenters. The van der Waals surface area contributed by atoms with Crippen LogP contribution >= 0.6 is 0 Å². The number of benzene rings is 1. The van der Waals surface area contributed by atoms with Crippen molar-refractivity contribution in [1.29, 1.82) is 0 Å². The normalized spacial score (nSPS) is 10.7. The van der Waals surface area contributed by atoms with E-state index in [1.807, 2.05) is 24.3 Å². The maximum atomic E-state index is 12.5. The van der Waals surface area contributed by atoms with Crippen molar-refractivity contribution >= 4 is 16.9 Å². The van der Waals surface area contributed by atoms with E-state index >= 15 is 0 Å². The van der Waals surface area contributed by atoms with Gasteiger partial charge in [-0.15, -0.1) is 0 Å². The Morgan fingerprint density at radius 1 is 1.25 bits per heavy atom. The number of fused-ring (bicyclic) bond motifs is 1. The van der Waals surface area contributed by atoms with Crippen LogP contribution in [0.25, 0.3) is 10.9 Å². The number of unbranched alkanes of at least 4 members (excludes halogenated alkanes) is 1. The summed E-state index contributed by atoms with van der Waals surface area (Å²) in [5.41, 5.74) is 0.705. The number of para-hydroxylation sites is 1. The fourth-order valence-corrected chi connectivity index (χ4v) is 2.22. The zero-order valence-electron chi connectivity index (χ0n) is 11.9. The zero-order chi connectivity index (χ0) is 14.5. The van der Waals surface area contributed by atoms with Crippen LogP contribution in [0.1, 0.15) is 37.0 Å². The van der Waals surface area contributed by atoms with E-state index in [0.29, 0.717) is 6.54 Å². The molecule has 1 aromatic carbocycles. The fourth-order valence-electron chi connectivity index (χ4n) is 2.22. The number of rotatable bonds is 5. The van der Waals surface area contributed by atoms with E-state index in [1.54, 1.807) is 17.6 Å². The summed E-state index contributed by atoms with van der Waals surface area (Å²) in [5.74, 6) is -0.548. The highest BCUT2D eigenvalue weighted by Gasteiger charge is 2.16. The lowest BCUT2D eigenvalue weighted by Gasteiger charge is -2.12. The molecule has 0 aliphatic rings. The molecule has 106 valence electrons. The van der Waals surface area contributed by atoms with Gasteiger partial charge in [0, 0.05) is 6.54 Å². The molecule has 2 rings (SSSR count). The predicted molar refractivity (Wildman–Crippen MR) is 79.1 cm³/mol. The third kappa shape index (κ3) is 2.74. The molecule has 0 atom stereocenters. The number of hydrogen-bond acceptors (Lipinski definition) is 3. The van der Waals surface area contributed by atoms with Crippen molar-refractivity contribution in [3.05, 3.63) is 46.2 Å². The number of carbonyl (C=O) groups excluding carboxylic acids is 1. The molecule has 0 bridgehead atoms. The maximum Gasteiger partial charge on any atom is 0.343 e. The molecule has 0 aliphatic carbocycles. The van der Waals surface area contributed by atoms with Crippen LogP contribution in [0.15, 0.2) is 35.1 Å². The molecule has 0 spiro atoms. The number of nitrogens with zero attached hydrogens (tertiary/aromatic N) is 1. The minimum atomic E-state index is -0.548. The fraction of sp³-hybridized carbons (Fsp3) is 0.375. The summed E-state index contributed by atoms with van der Waals surface area (Å²) in [5, 5.41) is 0.881. The molecule has 4 heteroatoms. The van der Waals surface area contributed by atoms with Crippen LogP contribution < -0.4 is 5.56 Å². The third-order valence-electron chi connectivity index (χ3n) is 3.23. The Kier molecular flexibility index (Phi) is 4.56. The zero-order valence-corrected chi connectivity index (χ0v) is 11.9. The van der Waals surface area contributed by atoms with E-state index < -0.39 is 5.97 Å². The quantitative estimate of drug-likeness (QED) is 0.787. The average Bonchev–Trinajstić information content (AvgIpc) is 2.46. The van der Waals surface area contributed by atoms with Crippen molar-refractivity contribution < 1.29 is 9.53 Å². The van der Waals surface area contributed by atoms with Crippen LogP contribution in [0, 0.1) is 0 Å². The molecule has 1 aromatic heterocycles. The number of hydrogen-bond donors (Lipinski definition) is 0. The lowest BCUT2D eigenvalue weighted by Crippen LogP contribution is -2.27. The molecular weight excluding hydrogens is 254 g/mol. The minimum Gasteiger partial charge on any atom is -0.462 e. The van der Waals surface area contributed by atoms with Crippen molar-refractivity contribution in [2.24, 2.45) is 0 Å². The van der Waals surface area contributed by atoms with Gasteiger partial charge in [0.25, 0.3) is 5.56 Å². The van der Waals surface area contributed by atoms with Gasteiger partial charge in [-0.05, 0) is 30.9 Å². The standard InChI is InChI=1S/C16H19NO3/c1-3-5-10-17-14-9-7-6-8-12(14)11-13(15(17)18)16(19)20-4-2/h6-9,11H,3-5,10H2,1-2H3. The first kappa shape index (κ1) is 14.3. The molecule has 0 N–H and O–H groups in total. The summed E-state index contributed by atoms with van der Waals surface area (Å²) in [4.78, 5) is 24.4. The second-order valence-corrected chi connectivity index (χ2v) is 4.65. The first-order valence-corrected chi connectivity index (χ1v) is 6.98. The Morgan fingerprint density at radius 3 is 2.70 bits per heavy atom. The van der Waals surface area contributed by atoms with E-state index in [4.69, 9.17) is 4.74 Å². The Balaban J connectivity index is 2.63. The van der Waals surface area contributed by atoms with Crippen LogP contribution in [-0.2, 0) is 11.3 Å². The van der Waals surface area contributed by atoms with E-state index in [9.17, 15) is 9.59 Å². The molecule has 0 amide bonds. The Bertz CT molecular complexity index is 673. The van der Waals surface area contributed by atoms with E-state index in [0.717, 1.165) is 23.7 Å². The van der Waals surface area contributed by atoms with Gasteiger partial charge in [0.05, 0.1) is 12.1 Å². The first-order chi connectivity index (χ1) is 9.69. The number of aryl methyl sites for hydroxylation is 1. The van der Waals surface area contributed by atoms with Gasteiger partial charge >= 0.3 is 5.97 Å². The van der Waals surface area contributed by atoms with Gasteiger partial charge in [-0.1, -0.05) is 31.5 Å². The Labute approximate surface area is 118 Å². The number of aromatic nitrogens is 1. The second kappa shape index (κ2) is 6.37. The number of ether oxygens (including phenoxy) is 1. The van der Waals surface area contributed by atoms with Crippen molar-refractivity contribution in [3.8, 4) is 0 Å². The number of carbonyl (C=O) groups is 1. The summed E-state index contributed by atoms with van der Waals surface area (Å²) in [6.45, 7) is 4.68. The van der Waals surface area contributed by atoms with E-state index in [2.05, 4.69) is 6.92 Å².